The molecule has 2 aromatic carbocycles. The quantitative estimate of drug-likeness (QED) is 0.701. The molecule has 0 saturated heterocycles. The highest BCUT2D eigenvalue weighted by atomic mass is 32.2. The van der Waals surface area contributed by atoms with E-state index in [2.05, 4.69) is 4.72 Å². The van der Waals surface area contributed by atoms with Crippen LogP contribution in [0.15, 0.2) is 64.2 Å². The van der Waals surface area contributed by atoms with Gasteiger partial charge in [-0.3, -0.25) is 4.72 Å². The monoisotopic (exact) mass is 373 g/mol. The second kappa shape index (κ2) is 6.70. The summed E-state index contributed by atoms with van der Waals surface area (Å²) in [5.74, 6) is -1.20. The minimum Gasteiger partial charge on any atom is -0.478 e. The van der Waals surface area contributed by atoms with E-state index in [0.29, 0.717) is 0 Å². The van der Waals surface area contributed by atoms with E-state index in [1.54, 1.807) is 18.2 Å². The van der Waals surface area contributed by atoms with Crippen molar-refractivity contribution in [1.82, 2.24) is 0 Å². The number of aryl methyl sites for hydroxylation is 1. The second-order valence-corrected chi connectivity index (χ2v) is 7.96. The molecule has 0 fully saturated rings. The Morgan fingerprint density at radius 3 is 2.36 bits per heavy atom. The molecule has 7 heteroatoms. The van der Waals surface area contributed by atoms with Crippen LogP contribution >= 0.6 is 11.3 Å². The number of carboxylic acid groups (broad SMARTS) is 1. The molecule has 1 aromatic heterocycles. The van der Waals surface area contributed by atoms with Gasteiger partial charge in [-0.15, -0.1) is 0 Å². The third-order valence-electron chi connectivity index (χ3n) is 3.68. The van der Waals surface area contributed by atoms with Crippen molar-refractivity contribution in [1.29, 1.82) is 0 Å². The lowest BCUT2D eigenvalue weighted by Gasteiger charge is -2.12. The molecular weight excluding hydrogens is 358 g/mol. The Morgan fingerprint density at radius 1 is 1.04 bits per heavy atom. The van der Waals surface area contributed by atoms with Gasteiger partial charge in [-0.25, -0.2) is 13.2 Å². The van der Waals surface area contributed by atoms with Gasteiger partial charge in [0.05, 0.1) is 16.1 Å². The van der Waals surface area contributed by atoms with Crippen LogP contribution in [-0.2, 0) is 10.0 Å². The van der Waals surface area contributed by atoms with E-state index >= 15 is 0 Å². The van der Waals surface area contributed by atoms with Gasteiger partial charge in [0.1, 0.15) is 0 Å². The lowest BCUT2D eigenvalue weighted by molar-refractivity contribution is 0.0698. The fraction of sp³-hybridized carbons (Fsp3) is 0.0556. The molecular formula is C18H15NO4S2. The van der Waals surface area contributed by atoms with Gasteiger partial charge in [0.2, 0.25) is 0 Å². The van der Waals surface area contributed by atoms with Crippen molar-refractivity contribution in [3.05, 3.63) is 70.4 Å². The maximum atomic E-state index is 12.6. The highest BCUT2D eigenvalue weighted by molar-refractivity contribution is 7.92. The maximum absolute atomic E-state index is 12.6. The Hall–Kier alpha value is -2.64. The molecule has 0 aliphatic heterocycles. The number of hydrogen-bond acceptors (Lipinski definition) is 4. The molecule has 0 saturated carbocycles. The van der Waals surface area contributed by atoms with Gasteiger partial charge in [-0.1, -0.05) is 23.8 Å². The van der Waals surface area contributed by atoms with Crippen LogP contribution in [0.25, 0.3) is 11.1 Å². The number of anilines is 1. The van der Waals surface area contributed by atoms with Crippen molar-refractivity contribution in [2.75, 3.05) is 4.72 Å². The Balaban J connectivity index is 2.04. The third-order valence-corrected chi connectivity index (χ3v) is 5.74. The highest BCUT2D eigenvalue weighted by Gasteiger charge is 2.19. The fourth-order valence-electron chi connectivity index (χ4n) is 2.34. The number of aromatic carboxylic acids is 1. The van der Waals surface area contributed by atoms with Gasteiger partial charge in [-0.05, 0) is 59.1 Å². The Morgan fingerprint density at radius 2 is 1.76 bits per heavy atom. The number of rotatable bonds is 5. The molecule has 0 aliphatic rings. The highest BCUT2D eigenvalue weighted by Crippen LogP contribution is 2.29. The molecule has 0 unspecified atom stereocenters. The predicted molar refractivity (Wildman–Crippen MR) is 98.7 cm³/mol. The first-order valence-corrected chi connectivity index (χ1v) is 9.79. The SMILES string of the molecule is Cc1ccc(S(=O)(=O)Nc2cc(-c3ccsc3)ccc2C(=O)O)cc1. The number of benzene rings is 2. The number of carboxylic acids is 1. The van der Waals surface area contributed by atoms with Crippen molar-refractivity contribution in [3.8, 4) is 11.1 Å². The number of hydrogen-bond donors (Lipinski definition) is 2. The first kappa shape index (κ1) is 17.2. The number of sulfonamides is 1. The zero-order chi connectivity index (χ0) is 18.0. The van der Waals surface area contributed by atoms with Crippen molar-refractivity contribution in [2.45, 2.75) is 11.8 Å². The van der Waals surface area contributed by atoms with Crippen molar-refractivity contribution in [2.24, 2.45) is 0 Å². The number of thiophene rings is 1. The summed E-state index contributed by atoms with van der Waals surface area (Å²) >= 11 is 1.51. The molecule has 0 radical (unpaired) electrons. The molecule has 1 heterocycles. The largest absolute Gasteiger partial charge is 0.478 e. The predicted octanol–water partition coefficient (Wildman–Crippen LogP) is 4.22. The second-order valence-electron chi connectivity index (χ2n) is 5.50. The van der Waals surface area contributed by atoms with E-state index < -0.39 is 16.0 Å². The van der Waals surface area contributed by atoms with E-state index in [-0.39, 0.29) is 16.1 Å². The molecule has 0 atom stereocenters. The summed E-state index contributed by atoms with van der Waals surface area (Å²) in [7, 11) is -3.88. The van der Waals surface area contributed by atoms with Crippen molar-refractivity contribution in [3.63, 3.8) is 0 Å². The summed E-state index contributed by atoms with van der Waals surface area (Å²) in [5, 5.41) is 13.2. The van der Waals surface area contributed by atoms with Crippen LogP contribution in [0.3, 0.4) is 0 Å². The summed E-state index contributed by atoms with van der Waals surface area (Å²) in [6, 6.07) is 12.8. The van der Waals surface area contributed by atoms with Crippen LogP contribution in [0.1, 0.15) is 15.9 Å². The van der Waals surface area contributed by atoms with Gasteiger partial charge >= 0.3 is 5.97 Å². The van der Waals surface area contributed by atoms with E-state index in [0.717, 1.165) is 16.7 Å². The van der Waals surface area contributed by atoms with Crippen LogP contribution in [0.5, 0.6) is 0 Å². The molecule has 0 aliphatic carbocycles. The topological polar surface area (TPSA) is 83.5 Å². The molecule has 5 nitrogen and oxygen atoms in total. The molecule has 3 aromatic rings. The van der Waals surface area contributed by atoms with E-state index in [1.807, 2.05) is 23.8 Å². The van der Waals surface area contributed by atoms with Gasteiger partial charge in [0.25, 0.3) is 10.0 Å². The summed E-state index contributed by atoms with van der Waals surface area (Å²) in [6.45, 7) is 1.86. The Labute approximate surface area is 149 Å². The zero-order valence-corrected chi connectivity index (χ0v) is 14.9. The summed E-state index contributed by atoms with van der Waals surface area (Å²) in [5.41, 5.74) is 2.52. The standard InChI is InChI=1S/C18H15NO4S2/c1-12-2-5-15(6-3-12)25(22,23)19-17-10-13(14-8-9-24-11-14)4-7-16(17)18(20)21/h2-11,19H,1H3,(H,20,21). The van der Waals surface area contributed by atoms with E-state index in [9.17, 15) is 18.3 Å². The van der Waals surface area contributed by atoms with Crippen molar-refractivity contribution < 1.29 is 18.3 Å². The first-order chi connectivity index (χ1) is 11.9. The first-order valence-electron chi connectivity index (χ1n) is 7.36. The van der Waals surface area contributed by atoms with Crippen LogP contribution in [-0.4, -0.2) is 19.5 Å². The zero-order valence-electron chi connectivity index (χ0n) is 13.3. The summed E-state index contributed by atoms with van der Waals surface area (Å²) in [4.78, 5) is 11.5. The van der Waals surface area contributed by atoms with Gasteiger partial charge in [0.15, 0.2) is 0 Å². The minimum absolute atomic E-state index is 0.0387. The molecule has 3 rings (SSSR count). The lowest BCUT2D eigenvalue weighted by atomic mass is 10.1. The Bertz CT molecular complexity index is 1010. The fourth-order valence-corrected chi connectivity index (χ4v) is 4.08. The van der Waals surface area contributed by atoms with Crippen LogP contribution in [0.4, 0.5) is 5.69 Å². The van der Waals surface area contributed by atoms with Crippen LogP contribution in [0, 0.1) is 6.92 Å². The van der Waals surface area contributed by atoms with E-state index in [1.165, 1.54) is 35.6 Å². The van der Waals surface area contributed by atoms with E-state index in [4.69, 9.17) is 0 Å². The summed E-state index contributed by atoms with van der Waals surface area (Å²) < 4.78 is 27.6. The normalized spacial score (nSPS) is 11.2. The van der Waals surface area contributed by atoms with Crippen LogP contribution in [0.2, 0.25) is 0 Å². The Kier molecular flexibility index (Phi) is 4.61. The van der Waals surface area contributed by atoms with Gasteiger partial charge in [0, 0.05) is 0 Å². The number of nitrogens with one attached hydrogen (secondary N) is 1. The molecule has 25 heavy (non-hydrogen) atoms. The van der Waals surface area contributed by atoms with Crippen LogP contribution < -0.4 is 4.72 Å². The molecule has 0 spiro atoms. The average Bonchev–Trinajstić information content (AvgIpc) is 3.09. The van der Waals surface area contributed by atoms with Crippen molar-refractivity contribution >= 4 is 33.0 Å². The summed E-state index contributed by atoms with van der Waals surface area (Å²) in [6.07, 6.45) is 0. The van der Waals surface area contributed by atoms with Gasteiger partial charge in [-0.2, -0.15) is 11.3 Å². The van der Waals surface area contributed by atoms with Gasteiger partial charge < -0.3 is 5.11 Å². The minimum atomic E-state index is -3.88. The number of carbonyl (C=O) groups is 1. The molecule has 0 amide bonds. The smallest absolute Gasteiger partial charge is 0.337 e. The molecule has 0 bridgehead atoms. The average molecular weight is 373 g/mol. The molecule has 2 N–H and O–H groups in total. The third kappa shape index (κ3) is 3.72. The maximum Gasteiger partial charge on any atom is 0.337 e. The molecule has 128 valence electrons. The lowest BCUT2D eigenvalue weighted by Crippen LogP contribution is -2.15.